The molecule has 0 radical (unpaired) electrons. The molecule has 4 nitrogen and oxygen atoms in total. The van der Waals surface area contributed by atoms with Crippen LogP contribution in [-0.4, -0.2) is 30.4 Å². The van der Waals surface area contributed by atoms with E-state index in [1.165, 1.54) is 23.4 Å². The number of hydrogen-bond donors (Lipinski definition) is 1. The van der Waals surface area contributed by atoms with Crippen LogP contribution in [-0.2, 0) is 16.6 Å². The average Bonchev–Trinajstić information content (AvgIpc) is 2.41. The fourth-order valence-corrected chi connectivity index (χ4v) is 4.47. The maximum Gasteiger partial charge on any atom is 0.243 e. The molecule has 1 aliphatic rings. The van der Waals surface area contributed by atoms with Gasteiger partial charge in [-0.1, -0.05) is 6.42 Å². The minimum absolute atomic E-state index is 0.0215. The standard InChI is InChI=1S/C14H20FNO3S/c1-10-7-13(8-12(9-17)14(10)15)20(18,19)16-6-4-3-5-11(16)2/h7-8,11,17H,3-6,9H2,1-2H3. The van der Waals surface area contributed by atoms with E-state index in [0.29, 0.717) is 6.54 Å². The first kappa shape index (κ1) is 15.4. The number of aliphatic hydroxyl groups is 1. The first-order chi connectivity index (χ1) is 9.37. The summed E-state index contributed by atoms with van der Waals surface area (Å²) >= 11 is 0. The molecule has 2 rings (SSSR count). The molecule has 1 unspecified atom stereocenters. The molecule has 6 heteroatoms. The van der Waals surface area contributed by atoms with Crippen LogP contribution < -0.4 is 0 Å². The summed E-state index contributed by atoms with van der Waals surface area (Å²) in [5.41, 5.74) is 0.257. The Morgan fingerprint density at radius 2 is 2.10 bits per heavy atom. The van der Waals surface area contributed by atoms with E-state index in [1.54, 1.807) is 0 Å². The number of aliphatic hydroxyl groups excluding tert-OH is 1. The van der Waals surface area contributed by atoms with Gasteiger partial charge in [-0.05, 0) is 44.4 Å². The highest BCUT2D eigenvalue weighted by Crippen LogP contribution is 2.27. The molecule has 0 aliphatic carbocycles. The summed E-state index contributed by atoms with van der Waals surface area (Å²) in [5, 5.41) is 9.15. The van der Waals surface area contributed by atoms with Gasteiger partial charge in [0.15, 0.2) is 0 Å². The zero-order valence-electron chi connectivity index (χ0n) is 11.8. The summed E-state index contributed by atoms with van der Waals surface area (Å²) in [6.45, 7) is 3.38. The Balaban J connectivity index is 2.46. The number of sulfonamides is 1. The number of hydrogen-bond acceptors (Lipinski definition) is 3. The Morgan fingerprint density at radius 1 is 1.40 bits per heavy atom. The quantitative estimate of drug-likeness (QED) is 0.931. The summed E-state index contributed by atoms with van der Waals surface area (Å²) in [7, 11) is -3.63. The van der Waals surface area contributed by atoms with Gasteiger partial charge in [0.05, 0.1) is 11.5 Å². The fourth-order valence-electron chi connectivity index (χ4n) is 2.63. The van der Waals surface area contributed by atoms with Gasteiger partial charge in [-0.25, -0.2) is 12.8 Å². The van der Waals surface area contributed by atoms with Crippen molar-refractivity contribution in [2.45, 2.75) is 50.7 Å². The predicted molar refractivity (Wildman–Crippen MR) is 74.3 cm³/mol. The molecule has 1 heterocycles. The number of aryl methyl sites for hydroxylation is 1. The van der Waals surface area contributed by atoms with Crippen molar-refractivity contribution < 1.29 is 17.9 Å². The number of halogens is 1. The summed E-state index contributed by atoms with van der Waals surface area (Å²) in [4.78, 5) is 0.0641. The summed E-state index contributed by atoms with van der Waals surface area (Å²) in [6.07, 6.45) is 2.71. The molecular weight excluding hydrogens is 281 g/mol. The average molecular weight is 301 g/mol. The van der Waals surface area contributed by atoms with Gasteiger partial charge in [0, 0.05) is 18.2 Å². The molecule has 0 aromatic heterocycles. The van der Waals surface area contributed by atoms with E-state index < -0.39 is 22.4 Å². The molecule has 20 heavy (non-hydrogen) atoms. The monoisotopic (exact) mass is 301 g/mol. The van der Waals surface area contributed by atoms with Crippen LogP contribution in [0.3, 0.4) is 0 Å². The minimum Gasteiger partial charge on any atom is -0.392 e. The van der Waals surface area contributed by atoms with Crippen molar-refractivity contribution in [1.29, 1.82) is 0 Å². The molecule has 0 amide bonds. The minimum atomic E-state index is -3.63. The third-order valence-electron chi connectivity index (χ3n) is 3.82. The second-order valence-electron chi connectivity index (χ2n) is 5.33. The van der Waals surface area contributed by atoms with Gasteiger partial charge < -0.3 is 5.11 Å². The highest BCUT2D eigenvalue weighted by molar-refractivity contribution is 7.89. The molecule has 1 aromatic rings. The molecule has 1 aliphatic heterocycles. The lowest BCUT2D eigenvalue weighted by molar-refractivity contribution is 0.267. The Bertz CT molecular complexity index is 601. The molecule has 1 atom stereocenters. The van der Waals surface area contributed by atoms with E-state index in [9.17, 15) is 12.8 Å². The summed E-state index contributed by atoms with van der Waals surface area (Å²) < 4.78 is 40.5. The number of nitrogens with zero attached hydrogens (tertiary/aromatic N) is 1. The summed E-state index contributed by atoms with van der Waals surface area (Å²) in [5.74, 6) is -0.543. The number of rotatable bonds is 3. The van der Waals surface area contributed by atoms with Crippen molar-refractivity contribution in [2.75, 3.05) is 6.54 Å². The highest BCUT2D eigenvalue weighted by atomic mass is 32.2. The van der Waals surface area contributed by atoms with Crippen LogP contribution in [0.5, 0.6) is 0 Å². The molecule has 1 fully saturated rings. The van der Waals surface area contributed by atoms with Gasteiger partial charge >= 0.3 is 0 Å². The second kappa shape index (κ2) is 5.79. The highest BCUT2D eigenvalue weighted by Gasteiger charge is 2.31. The molecule has 0 bridgehead atoms. The Labute approximate surface area is 119 Å². The van der Waals surface area contributed by atoms with Gasteiger partial charge in [-0.3, -0.25) is 0 Å². The third-order valence-corrected chi connectivity index (χ3v) is 5.81. The molecule has 112 valence electrons. The zero-order chi connectivity index (χ0) is 14.9. The lowest BCUT2D eigenvalue weighted by atomic mass is 10.1. The lowest BCUT2D eigenvalue weighted by Gasteiger charge is -2.32. The SMILES string of the molecule is Cc1cc(S(=O)(=O)N2CCCCC2C)cc(CO)c1F. The Hall–Kier alpha value is -0.980. The smallest absolute Gasteiger partial charge is 0.243 e. The molecule has 1 saturated heterocycles. The van der Waals surface area contributed by atoms with E-state index in [4.69, 9.17) is 5.11 Å². The van der Waals surface area contributed by atoms with Crippen LogP contribution in [0.1, 0.15) is 37.3 Å². The van der Waals surface area contributed by atoms with E-state index in [0.717, 1.165) is 19.3 Å². The second-order valence-corrected chi connectivity index (χ2v) is 7.22. The van der Waals surface area contributed by atoms with Crippen molar-refractivity contribution in [2.24, 2.45) is 0 Å². The van der Waals surface area contributed by atoms with Gasteiger partial charge in [0.25, 0.3) is 0 Å². The van der Waals surface area contributed by atoms with Crippen LogP contribution >= 0.6 is 0 Å². The van der Waals surface area contributed by atoms with E-state index in [-0.39, 0.29) is 22.1 Å². The van der Waals surface area contributed by atoms with Crippen LogP contribution in [0.4, 0.5) is 4.39 Å². The number of piperidine rings is 1. The maximum absolute atomic E-state index is 13.7. The normalized spacial score (nSPS) is 21.1. The Morgan fingerprint density at radius 3 is 2.70 bits per heavy atom. The van der Waals surface area contributed by atoms with Crippen LogP contribution in [0.15, 0.2) is 17.0 Å². The van der Waals surface area contributed by atoms with E-state index >= 15 is 0 Å². The van der Waals surface area contributed by atoms with E-state index in [1.807, 2.05) is 6.92 Å². The van der Waals surface area contributed by atoms with Gasteiger partial charge in [-0.2, -0.15) is 4.31 Å². The molecule has 0 spiro atoms. The fraction of sp³-hybridized carbons (Fsp3) is 0.571. The van der Waals surface area contributed by atoms with E-state index in [2.05, 4.69) is 0 Å². The van der Waals surface area contributed by atoms with Crippen molar-refractivity contribution in [1.82, 2.24) is 4.31 Å². The third kappa shape index (κ3) is 2.73. The molecule has 0 saturated carbocycles. The van der Waals surface area contributed by atoms with Crippen molar-refractivity contribution in [3.63, 3.8) is 0 Å². The van der Waals surface area contributed by atoms with Crippen LogP contribution in [0.25, 0.3) is 0 Å². The molecular formula is C14H20FNO3S. The lowest BCUT2D eigenvalue weighted by Crippen LogP contribution is -2.42. The first-order valence-electron chi connectivity index (χ1n) is 6.79. The van der Waals surface area contributed by atoms with Crippen molar-refractivity contribution in [3.05, 3.63) is 29.1 Å². The maximum atomic E-state index is 13.7. The molecule has 1 N–H and O–H groups in total. The topological polar surface area (TPSA) is 57.6 Å². The zero-order valence-corrected chi connectivity index (χ0v) is 12.6. The predicted octanol–water partition coefficient (Wildman–Crippen LogP) is 2.19. The van der Waals surface area contributed by atoms with Gasteiger partial charge in [0.2, 0.25) is 10.0 Å². The summed E-state index contributed by atoms with van der Waals surface area (Å²) in [6, 6.07) is 2.53. The van der Waals surface area contributed by atoms with Crippen molar-refractivity contribution >= 4 is 10.0 Å². The van der Waals surface area contributed by atoms with Gasteiger partial charge in [0.1, 0.15) is 5.82 Å². The first-order valence-corrected chi connectivity index (χ1v) is 8.23. The largest absolute Gasteiger partial charge is 0.392 e. The van der Waals surface area contributed by atoms with Gasteiger partial charge in [-0.15, -0.1) is 0 Å². The number of benzene rings is 1. The van der Waals surface area contributed by atoms with Crippen LogP contribution in [0.2, 0.25) is 0 Å². The molecule has 1 aromatic carbocycles. The van der Waals surface area contributed by atoms with Crippen molar-refractivity contribution in [3.8, 4) is 0 Å². The van der Waals surface area contributed by atoms with Crippen LogP contribution in [0, 0.1) is 12.7 Å². The Kier molecular flexibility index (Phi) is 4.46.